The quantitative estimate of drug-likeness (QED) is 0.512. The van der Waals surface area contributed by atoms with Crippen LogP contribution in [0, 0.1) is 0 Å². The fourth-order valence-electron chi connectivity index (χ4n) is 2.71. The minimum Gasteiger partial charge on any atom is -0.479 e. The second-order valence-electron chi connectivity index (χ2n) is 7.20. The molecule has 2 N–H and O–H groups in total. The summed E-state index contributed by atoms with van der Waals surface area (Å²) >= 11 is 0. The van der Waals surface area contributed by atoms with Crippen LogP contribution in [0.2, 0.25) is 0 Å². The summed E-state index contributed by atoms with van der Waals surface area (Å²) in [5.74, 6) is -0.651. The Labute approximate surface area is 162 Å². The highest BCUT2D eigenvalue weighted by atomic mass is 16.5. The average Bonchev–Trinajstić information content (AvgIpc) is 2.62. The van der Waals surface area contributed by atoms with Gasteiger partial charge < -0.3 is 19.9 Å². The van der Waals surface area contributed by atoms with Crippen LogP contribution >= 0.6 is 0 Å². The largest absolute Gasteiger partial charge is 0.479 e. The van der Waals surface area contributed by atoms with Crippen molar-refractivity contribution in [1.29, 1.82) is 0 Å². The van der Waals surface area contributed by atoms with Crippen molar-refractivity contribution in [3.63, 3.8) is 0 Å². The number of unbranched alkanes of at least 4 members (excludes halogenated alkanes) is 4. The predicted octanol–water partition coefficient (Wildman–Crippen LogP) is 3.57. The summed E-state index contributed by atoms with van der Waals surface area (Å²) in [6, 6.07) is 7.09. The van der Waals surface area contributed by atoms with Crippen LogP contribution in [0.4, 0.5) is 0 Å². The molecule has 6 nitrogen and oxygen atoms in total. The number of nitrogens with one attached hydrogen (secondary N) is 1. The highest BCUT2D eigenvalue weighted by molar-refractivity contribution is 5.84. The normalized spacial score (nSPS) is 12.4. The van der Waals surface area contributed by atoms with Gasteiger partial charge in [-0.3, -0.25) is 4.79 Å². The minimum atomic E-state index is -1.02. The summed E-state index contributed by atoms with van der Waals surface area (Å²) in [6.45, 7) is 6.26. The number of aliphatic carboxylic acids is 1. The second kappa shape index (κ2) is 11.6. The lowest BCUT2D eigenvalue weighted by Gasteiger charge is -2.25. The first-order chi connectivity index (χ1) is 12.8. The van der Waals surface area contributed by atoms with Gasteiger partial charge >= 0.3 is 5.97 Å². The van der Waals surface area contributed by atoms with Crippen LogP contribution in [0.5, 0.6) is 5.75 Å². The molecular formula is C21H33NO5. The van der Waals surface area contributed by atoms with Gasteiger partial charge in [0.05, 0.1) is 0 Å². The number of carboxylic acid groups (broad SMARTS) is 1. The highest BCUT2D eigenvalue weighted by Crippen LogP contribution is 2.21. The van der Waals surface area contributed by atoms with Crippen LogP contribution in [-0.4, -0.2) is 42.3 Å². The number of rotatable bonds is 13. The molecule has 0 aliphatic heterocycles. The summed E-state index contributed by atoms with van der Waals surface area (Å²) in [7, 11) is 1.37. The van der Waals surface area contributed by atoms with E-state index < -0.39 is 17.7 Å². The van der Waals surface area contributed by atoms with Crippen LogP contribution in [0.1, 0.15) is 58.4 Å². The molecular weight excluding hydrogens is 346 g/mol. The molecule has 0 radical (unpaired) electrons. The third-order valence-corrected chi connectivity index (χ3v) is 4.37. The number of benzene rings is 1. The second-order valence-corrected chi connectivity index (χ2v) is 7.20. The molecule has 0 heterocycles. The first kappa shape index (κ1) is 23.0. The van der Waals surface area contributed by atoms with Crippen LogP contribution in [0.3, 0.4) is 0 Å². The molecule has 0 bridgehead atoms. The number of carbonyl (C=O) groups is 2. The van der Waals surface area contributed by atoms with Crippen molar-refractivity contribution in [2.24, 2.45) is 0 Å². The lowest BCUT2D eigenvalue weighted by Crippen LogP contribution is -2.46. The lowest BCUT2D eigenvalue weighted by atomic mass is 10.1. The maximum absolute atomic E-state index is 12.4. The van der Waals surface area contributed by atoms with Crippen molar-refractivity contribution in [2.75, 3.05) is 13.7 Å². The van der Waals surface area contributed by atoms with Gasteiger partial charge in [-0.1, -0.05) is 44.7 Å². The number of carbonyl (C=O) groups excluding carboxylic acids is 1. The molecule has 27 heavy (non-hydrogen) atoms. The molecule has 1 rings (SSSR count). The molecule has 1 unspecified atom stereocenters. The highest BCUT2D eigenvalue weighted by Gasteiger charge is 2.29. The molecule has 0 fully saturated rings. The third kappa shape index (κ3) is 8.43. The molecule has 0 saturated heterocycles. The van der Waals surface area contributed by atoms with Crippen molar-refractivity contribution < 1.29 is 24.2 Å². The van der Waals surface area contributed by atoms with Gasteiger partial charge in [0.1, 0.15) is 5.75 Å². The zero-order valence-electron chi connectivity index (χ0n) is 16.9. The molecule has 6 heteroatoms. The van der Waals surface area contributed by atoms with Crippen LogP contribution in [0.15, 0.2) is 24.3 Å². The van der Waals surface area contributed by atoms with E-state index in [1.54, 1.807) is 32.0 Å². The summed E-state index contributed by atoms with van der Waals surface area (Å²) in [5.41, 5.74) is -0.246. The Bertz CT molecular complexity index is 600. The maximum Gasteiger partial charge on any atom is 0.333 e. The Balaban J connectivity index is 2.58. The molecule has 0 aliphatic carbocycles. The molecule has 1 aromatic rings. The van der Waals surface area contributed by atoms with Crippen LogP contribution in [-0.2, 0) is 20.7 Å². The van der Waals surface area contributed by atoms with Crippen molar-refractivity contribution in [1.82, 2.24) is 5.32 Å². The number of amides is 1. The van der Waals surface area contributed by atoms with E-state index in [1.165, 1.54) is 26.4 Å². The van der Waals surface area contributed by atoms with Crippen molar-refractivity contribution >= 4 is 11.9 Å². The van der Waals surface area contributed by atoms with E-state index in [1.807, 2.05) is 6.07 Å². The fourth-order valence-corrected chi connectivity index (χ4v) is 2.71. The topological polar surface area (TPSA) is 84.9 Å². The summed E-state index contributed by atoms with van der Waals surface area (Å²) in [4.78, 5) is 23.5. The third-order valence-electron chi connectivity index (χ3n) is 4.37. The van der Waals surface area contributed by atoms with Gasteiger partial charge in [0, 0.05) is 20.1 Å². The van der Waals surface area contributed by atoms with Crippen molar-refractivity contribution in [3.8, 4) is 5.75 Å². The van der Waals surface area contributed by atoms with E-state index in [-0.39, 0.29) is 12.3 Å². The lowest BCUT2D eigenvalue weighted by molar-refractivity contribution is -0.148. The summed E-state index contributed by atoms with van der Waals surface area (Å²) in [6.07, 6.45) is 5.01. The zero-order valence-corrected chi connectivity index (χ0v) is 16.9. The Morgan fingerprint density at radius 3 is 2.52 bits per heavy atom. The molecule has 152 valence electrons. The molecule has 1 amide bonds. The standard InChI is InChI=1S/C21H33NO5/c1-5-6-7-8-9-13-22-20(25)21(2,3)27-17-12-10-11-16(14-17)15-18(26-4)19(23)24/h10-12,14,18H,5-9,13,15H2,1-4H3,(H,22,25)(H,23,24). The van der Waals surface area contributed by atoms with E-state index in [0.29, 0.717) is 12.3 Å². The molecule has 0 spiro atoms. The van der Waals surface area contributed by atoms with Gasteiger partial charge in [-0.15, -0.1) is 0 Å². The van der Waals surface area contributed by atoms with Gasteiger partial charge in [0.2, 0.25) is 0 Å². The van der Waals surface area contributed by atoms with Gasteiger partial charge in [0.15, 0.2) is 11.7 Å². The van der Waals surface area contributed by atoms with Gasteiger partial charge in [-0.2, -0.15) is 0 Å². The number of carboxylic acids is 1. The van der Waals surface area contributed by atoms with Gasteiger partial charge in [0.25, 0.3) is 5.91 Å². The smallest absolute Gasteiger partial charge is 0.333 e. The molecule has 0 aromatic heterocycles. The Morgan fingerprint density at radius 1 is 1.19 bits per heavy atom. The van der Waals surface area contributed by atoms with Crippen LogP contribution in [0.25, 0.3) is 0 Å². The minimum absolute atomic E-state index is 0.163. The average molecular weight is 379 g/mol. The molecule has 0 saturated carbocycles. The van der Waals surface area contributed by atoms with Gasteiger partial charge in [-0.05, 0) is 38.0 Å². The monoisotopic (exact) mass is 379 g/mol. The first-order valence-corrected chi connectivity index (χ1v) is 9.62. The molecule has 0 aliphatic rings. The zero-order chi connectivity index (χ0) is 20.3. The van der Waals surface area contributed by atoms with Gasteiger partial charge in [-0.25, -0.2) is 4.79 Å². The Kier molecular flexibility index (Phi) is 9.86. The van der Waals surface area contributed by atoms with E-state index >= 15 is 0 Å². The van der Waals surface area contributed by atoms with Crippen LogP contribution < -0.4 is 10.1 Å². The van der Waals surface area contributed by atoms with Crippen molar-refractivity contribution in [2.45, 2.75) is 71.0 Å². The number of hydrogen-bond acceptors (Lipinski definition) is 4. The maximum atomic E-state index is 12.4. The van der Waals surface area contributed by atoms with E-state index in [2.05, 4.69) is 12.2 Å². The fraction of sp³-hybridized carbons (Fsp3) is 0.619. The number of hydrogen-bond donors (Lipinski definition) is 2. The summed E-state index contributed by atoms with van der Waals surface area (Å²) in [5, 5.41) is 12.0. The SMILES string of the molecule is CCCCCCCNC(=O)C(C)(C)Oc1cccc(CC(OC)C(=O)O)c1. The van der Waals surface area contributed by atoms with E-state index in [4.69, 9.17) is 14.6 Å². The van der Waals surface area contributed by atoms with E-state index in [9.17, 15) is 9.59 Å². The molecule has 1 aromatic carbocycles. The first-order valence-electron chi connectivity index (χ1n) is 9.62. The Morgan fingerprint density at radius 2 is 1.89 bits per heavy atom. The number of ether oxygens (including phenoxy) is 2. The molecule has 1 atom stereocenters. The summed E-state index contributed by atoms with van der Waals surface area (Å²) < 4.78 is 10.8. The van der Waals surface area contributed by atoms with Crippen molar-refractivity contribution in [3.05, 3.63) is 29.8 Å². The van der Waals surface area contributed by atoms with E-state index in [0.717, 1.165) is 18.4 Å². The number of methoxy groups -OCH3 is 1. The predicted molar refractivity (Wildman–Crippen MR) is 105 cm³/mol. The Hall–Kier alpha value is -2.08.